The van der Waals surface area contributed by atoms with Crippen molar-refractivity contribution < 1.29 is 34.9 Å². The first-order chi connectivity index (χ1) is 10.7. The Labute approximate surface area is 130 Å². The van der Waals surface area contributed by atoms with Crippen molar-refractivity contribution in [1.82, 2.24) is 0 Å². The second-order valence-electron chi connectivity index (χ2n) is 5.15. The number of carboxylic acids is 1. The molecule has 10 nitrogen and oxygen atoms in total. The molecule has 126 valence electrons. The summed E-state index contributed by atoms with van der Waals surface area (Å²) in [6.07, 6.45) is -6.16. The maximum Gasteiger partial charge on any atom is 0.280 e. The monoisotopic (exact) mass is 327 g/mol. The maximum absolute atomic E-state index is 10.9. The normalized spacial score (nSPS) is 30.7. The largest absolute Gasteiger partial charge is 0.545 e. The van der Waals surface area contributed by atoms with Crippen LogP contribution < -0.4 is 10.4 Å². The molecule has 23 heavy (non-hydrogen) atoms. The number of carbonyl (C=O) groups excluding carboxylic acids is 1. The van der Waals surface area contributed by atoms with Gasteiger partial charge in [-0.2, -0.15) is 0 Å². The number of nitrogens with zero attached hydrogens (tertiary/aromatic N) is 1. The number of hydrogen-bond acceptors (Lipinski definition) is 9. The summed E-state index contributed by atoms with van der Waals surface area (Å²) in [5, 5.41) is 53.5. The third-order valence-electron chi connectivity index (χ3n) is 3.58. The topological polar surface area (TPSA) is 165 Å². The number of aliphatic hydroxyl groups excluding tert-OH is 3. The summed E-state index contributed by atoms with van der Waals surface area (Å²) in [6.45, 7) is 1.48. The first kappa shape index (κ1) is 17.1. The first-order valence-electron chi connectivity index (χ1n) is 6.68. The summed E-state index contributed by atoms with van der Waals surface area (Å²) >= 11 is 0. The Morgan fingerprint density at radius 2 is 1.91 bits per heavy atom. The lowest BCUT2D eigenvalue weighted by molar-refractivity contribution is -0.385. The van der Waals surface area contributed by atoms with Crippen LogP contribution in [-0.4, -0.2) is 56.9 Å². The highest BCUT2D eigenvalue weighted by Gasteiger charge is 2.41. The van der Waals surface area contributed by atoms with Crippen LogP contribution in [0.1, 0.15) is 17.3 Å². The van der Waals surface area contributed by atoms with E-state index in [1.54, 1.807) is 0 Å². The zero-order chi connectivity index (χ0) is 17.3. The van der Waals surface area contributed by atoms with Gasteiger partial charge in [0.1, 0.15) is 18.3 Å². The summed E-state index contributed by atoms with van der Waals surface area (Å²) in [5.41, 5.74) is -1.18. The lowest BCUT2D eigenvalue weighted by atomic mass is 9.99. The highest BCUT2D eigenvalue weighted by atomic mass is 16.6. The first-order valence-corrected chi connectivity index (χ1v) is 6.68. The molecule has 10 heteroatoms. The molecule has 0 aliphatic carbocycles. The molecule has 0 radical (unpaired) electrons. The molecule has 0 spiro atoms. The number of aromatic carboxylic acids is 1. The predicted octanol–water partition coefficient (Wildman–Crippen LogP) is -1.80. The number of aliphatic hydroxyl groups is 3. The molecule has 0 unspecified atom stereocenters. The van der Waals surface area contributed by atoms with E-state index in [-0.39, 0.29) is 5.69 Å². The Bertz CT molecular complexity index is 622. The van der Waals surface area contributed by atoms with Gasteiger partial charge in [0, 0.05) is 11.8 Å². The van der Waals surface area contributed by atoms with E-state index in [1.165, 1.54) is 13.0 Å². The van der Waals surface area contributed by atoms with Gasteiger partial charge in [0.2, 0.25) is 0 Å². The van der Waals surface area contributed by atoms with Crippen LogP contribution in [0.15, 0.2) is 18.2 Å². The van der Waals surface area contributed by atoms with Crippen molar-refractivity contribution in [3.8, 4) is 0 Å². The molecule has 0 saturated carbocycles. The molecule has 0 amide bonds. The van der Waals surface area contributed by atoms with Crippen LogP contribution in [0.25, 0.3) is 0 Å². The summed E-state index contributed by atoms with van der Waals surface area (Å²) in [4.78, 5) is 20.9. The fourth-order valence-corrected chi connectivity index (χ4v) is 2.28. The van der Waals surface area contributed by atoms with Crippen molar-refractivity contribution in [2.24, 2.45) is 0 Å². The molecule has 4 N–H and O–H groups in total. The van der Waals surface area contributed by atoms with Crippen LogP contribution in [0.4, 0.5) is 11.4 Å². The fourth-order valence-electron chi connectivity index (χ4n) is 2.28. The average molecular weight is 327 g/mol. The molecule has 1 fully saturated rings. The number of nitrogens with one attached hydrogen (secondary N) is 1. The van der Waals surface area contributed by atoms with Gasteiger partial charge in [0.05, 0.1) is 22.6 Å². The van der Waals surface area contributed by atoms with Gasteiger partial charge in [0.25, 0.3) is 5.69 Å². The van der Waals surface area contributed by atoms with Crippen molar-refractivity contribution in [2.75, 3.05) is 5.32 Å². The number of nitro groups is 1. The Hall–Kier alpha value is -2.27. The van der Waals surface area contributed by atoms with Gasteiger partial charge in [-0.1, -0.05) is 0 Å². The van der Waals surface area contributed by atoms with Crippen molar-refractivity contribution in [3.05, 3.63) is 33.9 Å². The zero-order valence-electron chi connectivity index (χ0n) is 11.9. The summed E-state index contributed by atoms with van der Waals surface area (Å²) < 4.78 is 5.29. The van der Waals surface area contributed by atoms with Gasteiger partial charge in [-0.25, -0.2) is 0 Å². The predicted molar refractivity (Wildman–Crippen MR) is 73.4 cm³/mol. The molecule has 0 bridgehead atoms. The van der Waals surface area contributed by atoms with Crippen LogP contribution in [0, 0.1) is 10.1 Å². The smallest absolute Gasteiger partial charge is 0.280 e. The van der Waals surface area contributed by atoms with Gasteiger partial charge in [-0.15, -0.1) is 0 Å². The van der Waals surface area contributed by atoms with Crippen molar-refractivity contribution in [1.29, 1.82) is 0 Å². The molecule has 2 rings (SSSR count). The van der Waals surface area contributed by atoms with E-state index in [9.17, 15) is 35.3 Å². The summed E-state index contributed by atoms with van der Waals surface area (Å²) in [5.74, 6) is -1.69. The van der Waals surface area contributed by atoms with Crippen LogP contribution >= 0.6 is 0 Å². The number of carbonyl (C=O) groups is 1. The van der Waals surface area contributed by atoms with Gasteiger partial charge < -0.3 is 35.3 Å². The number of hydrogen-bond donors (Lipinski definition) is 4. The third kappa shape index (κ3) is 3.40. The van der Waals surface area contributed by atoms with Gasteiger partial charge in [-0.3, -0.25) is 10.1 Å². The molecule has 1 saturated heterocycles. The van der Waals surface area contributed by atoms with E-state index in [4.69, 9.17) is 4.74 Å². The lowest BCUT2D eigenvalue weighted by Crippen LogP contribution is -2.58. The standard InChI is InChI=1S/C13H16N2O8/c1-5-9(16)10(17)11(18)12(23-5)14-6-2-3-7(13(19)20)8(4-6)15(21)22/h2-5,9-12,14,16-18H,1H3,(H,19,20)/p-1/t5-,9+,10-,11-,12+/m0/s1. The Morgan fingerprint density at radius 1 is 1.26 bits per heavy atom. The summed E-state index contributed by atoms with van der Waals surface area (Å²) in [6, 6.07) is 3.17. The van der Waals surface area contributed by atoms with Crippen molar-refractivity contribution in [3.63, 3.8) is 0 Å². The van der Waals surface area contributed by atoms with E-state index in [0.717, 1.165) is 12.1 Å². The molecule has 5 atom stereocenters. The molecule has 1 heterocycles. The fraction of sp³-hybridized carbons (Fsp3) is 0.462. The minimum Gasteiger partial charge on any atom is -0.545 e. The van der Waals surface area contributed by atoms with Gasteiger partial charge >= 0.3 is 0 Å². The minimum absolute atomic E-state index is 0.0986. The number of benzene rings is 1. The molecule has 1 aliphatic rings. The lowest BCUT2D eigenvalue weighted by Gasteiger charge is -2.39. The molecular weight excluding hydrogens is 312 g/mol. The van der Waals surface area contributed by atoms with Crippen LogP contribution in [0.5, 0.6) is 0 Å². The van der Waals surface area contributed by atoms with Crippen molar-refractivity contribution >= 4 is 17.3 Å². The average Bonchev–Trinajstić information content (AvgIpc) is 2.50. The quantitative estimate of drug-likeness (QED) is 0.368. The molecule has 1 aromatic rings. The SMILES string of the molecule is C[C@@H]1O[C@@H](Nc2ccc(C(=O)[O-])c([N+](=O)[O-])c2)[C@@H](O)[C@@H](O)[C@@H]1O. The van der Waals surface area contributed by atoms with E-state index in [0.29, 0.717) is 0 Å². The highest BCUT2D eigenvalue weighted by Crippen LogP contribution is 2.26. The van der Waals surface area contributed by atoms with E-state index in [2.05, 4.69) is 5.32 Å². The maximum atomic E-state index is 10.9. The second-order valence-corrected chi connectivity index (χ2v) is 5.15. The van der Waals surface area contributed by atoms with Crippen LogP contribution in [0.2, 0.25) is 0 Å². The Kier molecular flexibility index (Phi) is 4.80. The molecule has 1 aliphatic heterocycles. The highest BCUT2D eigenvalue weighted by molar-refractivity contribution is 5.91. The van der Waals surface area contributed by atoms with Crippen LogP contribution in [0.3, 0.4) is 0 Å². The zero-order valence-corrected chi connectivity index (χ0v) is 11.9. The van der Waals surface area contributed by atoms with Gasteiger partial charge in [0.15, 0.2) is 6.23 Å². The molecule has 1 aromatic carbocycles. The number of ether oxygens (including phenoxy) is 1. The van der Waals surface area contributed by atoms with E-state index in [1.807, 2.05) is 0 Å². The number of anilines is 1. The van der Waals surface area contributed by atoms with E-state index < -0.39 is 52.8 Å². The third-order valence-corrected chi connectivity index (χ3v) is 3.58. The number of carboxylic acid groups (broad SMARTS) is 1. The number of rotatable bonds is 4. The van der Waals surface area contributed by atoms with Crippen molar-refractivity contribution in [2.45, 2.75) is 37.6 Å². The Balaban J connectivity index is 2.25. The van der Waals surface area contributed by atoms with Gasteiger partial charge in [-0.05, 0) is 19.1 Å². The summed E-state index contributed by atoms with van der Waals surface area (Å²) in [7, 11) is 0. The molecular formula is C13H15N2O8-. The molecule has 0 aromatic heterocycles. The second kappa shape index (κ2) is 6.46. The minimum atomic E-state index is -1.69. The number of nitro benzene ring substituents is 1. The van der Waals surface area contributed by atoms with Crippen LogP contribution in [-0.2, 0) is 4.74 Å². The van der Waals surface area contributed by atoms with E-state index >= 15 is 0 Å². The Morgan fingerprint density at radius 3 is 2.48 bits per heavy atom.